The molecule has 152 valence electrons. The van der Waals surface area contributed by atoms with Crippen LogP contribution in [0.3, 0.4) is 0 Å². The van der Waals surface area contributed by atoms with E-state index in [4.69, 9.17) is 34.8 Å². The smallest absolute Gasteiger partial charge is 0.266 e. The molecule has 3 aromatic carbocycles. The lowest BCUT2D eigenvalue weighted by Gasteiger charge is -2.18. The molecule has 1 heterocycles. The highest BCUT2D eigenvalue weighted by Crippen LogP contribution is 2.39. The van der Waals surface area contributed by atoms with E-state index in [9.17, 15) is 10.1 Å². The molecule has 31 heavy (non-hydrogen) atoms. The van der Waals surface area contributed by atoms with Gasteiger partial charge in [-0.3, -0.25) is 4.79 Å². The van der Waals surface area contributed by atoms with Crippen molar-refractivity contribution in [1.82, 2.24) is 4.98 Å². The molecule has 3 nitrogen and oxygen atoms in total. The van der Waals surface area contributed by atoms with Crippen molar-refractivity contribution in [2.45, 2.75) is 6.42 Å². The Balaban J connectivity index is 2.08. The van der Waals surface area contributed by atoms with Gasteiger partial charge in [0, 0.05) is 21.2 Å². The Labute approximate surface area is 194 Å². The Bertz CT molecular complexity index is 1350. The number of hydrogen-bond donors (Lipinski definition) is 1. The number of hydrogen-bond acceptors (Lipinski definition) is 2. The molecule has 4 aromatic rings. The van der Waals surface area contributed by atoms with Crippen molar-refractivity contribution in [2.24, 2.45) is 0 Å². The molecule has 0 amide bonds. The van der Waals surface area contributed by atoms with Crippen molar-refractivity contribution in [3.05, 3.63) is 115 Å². The molecule has 0 fully saturated rings. The summed E-state index contributed by atoms with van der Waals surface area (Å²) in [6.45, 7) is 0. The summed E-state index contributed by atoms with van der Waals surface area (Å²) in [7, 11) is 0. The number of H-pyrrole nitrogens is 1. The normalized spacial score (nSPS) is 10.6. The molecule has 0 bridgehead atoms. The summed E-state index contributed by atoms with van der Waals surface area (Å²) in [5.74, 6) is 0. The van der Waals surface area contributed by atoms with Gasteiger partial charge in [0.15, 0.2) is 0 Å². The highest BCUT2D eigenvalue weighted by atomic mass is 35.5. The van der Waals surface area contributed by atoms with Crippen molar-refractivity contribution in [1.29, 1.82) is 5.26 Å². The van der Waals surface area contributed by atoms with Gasteiger partial charge in [0.2, 0.25) is 0 Å². The molecule has 0 saturated carbocycles. The van der Waals surface area contributed by atoms with Crippen LogP contribution in [0.4, 0.5) is 0 Å². The van der Waals surface area contributed by atoms with E-state index >= 15 is 0 Å². The van der Waals surface area contributed by atoms with Gasteiger partial charge in [0.25, 0.3) is 5.56 Å². The summed E-state index contributed by atoms with van der Waals surface area (Å²) in [6, 6.07) is 24.1. The van der Waals surface area contributed by atoms with Crippen LogP contribution in [0.5, 0.6) is 0 Å². The van der Waals surface area contributed by atoms with Gasteiger partial charge in [-0.1, -0.05) is 77.3 Å². The van der Waals surface area contributed by atoms with Gasteiger partial charge < -0.3 is 4.98 Å². The Morgan fingerprint density at radius 1 is 0.871 bits per heavy atom. The van der Waals surface area contributed by atoms with Crippen LogP contribution < -0.4 is 5.56 Å². The number of halogens is 3. The second-order valence-electron chi connectivity index (χ2n) is 6.96. The van der Waals surface area contributed by atoms with Crippen LogP contribution in [-0.2, 0) is 6.42 Å². The second kappa shape index (κ2) is 8.99. The minimum absolute atomic E-state index is 0.0719. The Morgan fingerprint density at radius 2 is 1.55 bits per heavy atom. The minimum atomic E-state index is -0.466. The summed E-state index contributed by atoms with van der Waals surface area (Å²) in [5.41, 5.74) is 3.89. The third kappa shape index (κ3) is 4.38. The fourth-order valence-corrected chi connectivity index (χ4v) is 4.20. The first-order chi connectivity index (χ1) is 15.0. The Kier molecular flexibility index (Phi) is 6.15. The first-order valence-electron chi connectivity index (χ1n) is 9.42. The van der Waals surface area contributed by atoms with Gasteiger partial charge >= 0.3 is 0 Å². The van der Waals surface area contributed by atoms with E-state index in [0.717, 1.165) is 16.7 Å². The molecule has 1 aromatic heterocycles. The predicted octanol–water partition coefficient (Wildman–Crippen LogP) is 7.13. The van der Waals surface area contributed by atoms with Crippen LogP contribution in [0, 0.1) is 11.3 Å². The Hall–Kier alpha value is -3.03. The molecule has 0 aliphatic heterocycles. The van der Waals surface area contributed by atoms with Gasteiger partial charge in [-0.15, -0.1) is 0 Å². The van der Waals surface area contributed by atoms with Crippen LogP contribution in [0.15, 0.2) is 77.6 Å². The van der Waals surface area contributed by atoms with Crippen LogP contribution in [-0.4, -0.2) is 4.98 Å². The highest BCUT2D eigenvalue weighted by Gasteiger charge is 2.22. The average molecular weight is 466 g/mol. The van der Waals surface area contributed by atoms with E-state index in [1.165, 1.54) is 0 Å². The van der Waals surface area contributed by atoms with Gasteiger partial charge in [-0.05, 0) is 53.4 Å². The molecule has 0 atom stereocenters. The monoisotopic (exact) mass is 464 g/mol. The molecule has 0 aliphatic rings. The van der Waals surface area contributed by atoms with E-state index in [1.54, 1.807) is 30.3 Å². The fraction of sp³-hybridized carbons (Fsp3) is 0.0400. The standard InChI is InChI=1S/C25H15Cl3N2O/c26-17-8-6-16(7-9-17)23-20(12-15-4-2-1-3-5-15)21(14-29)25(31)30-24(23)19-11-10-18(27)13-22(19)28/h1-11,13H,12H2,(H,30,31). The number of nitriles is 1. The predicted molar refractivity (Wildman–Crippen MR) is 127 cm³/mol. The molecule has 0 unspecified atom stereocenters. The number of aromatic amines is 1. The van der Waals surface area contributed by atoms with Crippen molar-refractivity contribution in [3.63, 3.8) is 0 Å². The zero-order valence-corrected chi connectivity index (χ0v) is 18.4. The van der Waals surface area contributed by atoms with Crippen molar-refractivity contribution in [3.8, 4) is 28.5 Å². The largest absolute Gasteiger partial charge is 0.320 e. The number of nitrogens with zero attached hydrogens (tertiary/aromatic N) is 1. The quantitative estimate of drug-likeness (QED) is 0.348. The lowest BCUT2D eigenvalue weighted by atomic mass is 9.89. The number of rotatable bonds is 4. The summed E-state index contributed by atoms with van der Waals surface area (Å²) in [4.78, 5) is 15.8. The zero-order valence-electron chi connectivity index (χ0n) is 16.1. The number of aromatic nitrogens is 1. The summed E-state index contributed by atoms with van der Waals surface area (Å²) in [5, 5.41) is 11.3. The zero-order chi connectivity index (χ0) is 22.0. The maximum absolute atomic E-state index is 12.9. The van der Waals surface area contributed by atoms with Crippen LogP contribution in [0.25, 0.3) is 22.4 Å². The van der Waals surface area contributed by atoms with E-state index in [1.807, 2.05) is 42.5 Å². The maximum atomic E-state index is 12.9. The average Bonchev–Trinajstić information content (AvgIpc) is 2.75. The van der Waals surface area contributed by atoms with Gasteiger partial charge in [0.05, 0.1) is 10.7 Å². The third-order valence-corrected chi connectivity index (χ3v) is 5.79. The van der Waals surface area contributed by atoms with Crippen molar-refractivity contribution in [2.75, 3.05) is 0 Å². The van der Waals surface area contributed by atoms with Crippen molar-refractivity contribution >= 4 is 34.8 Å². The molecule has 0 saturated heterocycles. The van der Waals surface area contributed by atoms with Gasteiger partial charge in [-0.2, -0.15) is 5.26 Å². The SMILES string of the molecule is N#Cc1c(Cc2ccccc2)c(-c2ccc(Cl)cc2)c(-c2ccc(Cl)cc2Cl)[nH]c1=O. The first-order valence-corrected chi connectivity index (χ1v) is 10.6. The summed E-state index contributed by atoms with van der Waals surface area (Å²) < 4.78 is 0. The second-order valence-corrected chi connectivity index (χ2v) is 8.24. The molecule has 0 aliphatic carbocycles. The molecule has 0 spiro atoms. The summed E-state index contributed by atoms with van der Waals surface area (Å²) >= 11 is 18.7. The van der Waals surface area contributed by atoms with Gasteiger partial charge in [-0.25, -0.2) is 0 Å². The third-order valence-electron chi connectivity index (χ3n) is 4.99. The lowest BCUT2D eigenvalue weighted by Crippen LogP contribution is -2.17. The number of benzene rings is 3. The maximum Gasteiger partial charge on any atom is 0.266 e. The fourth-order valence-electron chi connectivity index (χ4n) is 3.58. The number of nitrogens with one attached hydrogen (secondary N) is 1. The summed E-state index contributed by atoms with van der Waals surface area (Å²) in [6.07, 6.45) is 0.407. The van der Waals surface area contributed by atoms with Crippen molar-refractivity contribution < 1.29 is 0 Å². The Morgan fingerprint density at radius 3 is 2.19 bits per heavy atom. The number of pyridine rings is 1. The molecule has 4 rings (SSSR count). The minimum Gasteiger partial charge on any atom is -0.320 e. The van der Waals surface area contributed by atoms with Crippen LogP contribution in [0.1, 0.15) is 16.7 Å². The highest BCUT2D eigenvalue weighted by molar-refractivity contribution is 6.36. The van der Waals surface area contributed by atoms with E-state index in [2.05, 4.69) is 11.1 Å². The molecule has 0 radical (unpaired) electrons. The molecular weight excluding hydrogens is 451 g/mol. The molecule has 1 N–H and O–H groups in total. The van der Waals surface area contributed by atoms with Crippen LogP contribution in [0.2, 0.25) is 15.1 Å². The van der Waals surface area contributed by atoms with Crippen LogP contribution >= 0.6 is 34.8 Å². The topological polar surface area (TPSA) is 56.6 Å². The van der Waals surface area contributed by atoms with Gasteiger partial charge in [0.1, 0.15) is 11.6 Å². The van der Waals surface area contributed by atoms with E-state index in [-0.39, 0.29) is 5.56 Å². The lowest BCUT2D eigenvalue weighted by molar-refractivity contribution is 1.12. The molecular formula is C25H15Cl3N2O. The molecule has 6 heteroatoms. The van der Waals surface area contributed by atoms with E-state index in [0.29, 0.717) is 38.3 Å². The van der Waals surface area contributed by atoms with E-state index < -0.39 is 5.56 Å². The first kappa shape index (κ1) is 21.2.